The van der Waals surface area contributed by atoms with Crippen molar-refractivity contribution in [1.29, 1.82) is 0 Å². The lowest BCUT2D eigenvalue weighted by Crippen LogP contribution is -2.45. The number of aromatic nitrogens is 1. The summed E-state index contributed by atoms with van der Waals surface area (Å²) in [6.07, 6.45) is 6.32. The van der Waals surface area contributed by atoms with Gasteiger partial charge in [0.15, 0.2) is 11.5 Å². The third kappa shape index (κ3) is 7.13. The van der Waals surface area contributed by atoms with E-state index in [9.17, 15) is 14.7 Å². The number of amides is 1. The van der Waals surface area contributed by atoms with Gasteiger partial charge in [-0.25, -0.2) is 0 Å². The number of aryl methyl sites for hydroxylation is 2. The van der Waals surface area contributed by atoms with E-state index in [1.807, 2.05) is 56.5 Å². The lowest BCUT2D eigenvalue weighted by atomic mass is 9.83. The Labute approximate surface area is 232 Å². The molecule has 1 fully saturated rings. The van der Waals surface area contributed by atoms with Crippen molar-refractivity contribution in [3.8, 4) is 11.5 Å². The Hall–Kier alpha value is -3.04. The number of unbranched alkanes of at least 4 members (excludes halogenated alkanes) is 1. The molecule has 3 atom stereocenters. The SMILES string of the molecule is CCCCN(CCCN(C)C)C(=O)CN1C[C@H](c2ccc3c(c2)OCO3)C(C(=O)O)[C@@H]1CCc1cccn1C. The maximum Gasteiger partial charge on any atom is 0.308 e. The van der Waals surface area contributed by atoms with Crippen LogP contribution in [-0.4, -0.2) is 95.9 Å². The van der Waals surface area contributed by atoms with Gasteiger partial charge in [-0.1, -0.05) is 19.4 Å². The summed E-state index contributed by atoms with van der Waals surface area (Å²) in [4.78, 5) is 32.7. The lowest BCUT2D eigenvalue weighted by molar-refractivity contribution is -0.143. The van der Waals surface area contributed by atoms with E-state index >= 15 is 0 Å². The largest absolute Gasteiger partial charge is 0.481 e. The molecule has 4 rings (SSSR count). The first-order valence-electron chi connectivity index (χ1n) is 14.2. The zero-order valence-corrected chi connectivity index (χ0v) is 23.8. The van der Waals surface area contributed by atoms with Crippen LogP contribution in [0.5, 0.6) is 11.5 Å². The summed E-state index contributed by atoms with van der Waals surface area (Å²) in [5.41, 5.74) is 2.07. The van der Waals surface area contributed by atoms with Gasteiger partial charge < -0.3 is 28.9 Å². The van der Waals surface area contributed by atoms with Crippen LogP contribution >= 0.6 is 0 Å². The van der Waals surface area contributed by atoms with Crippen molar-refractivity contribution in [1.82, 2.24) is 19.3 Å². The minimum atomic E-state index is -0.821. The van der Waals surface area contributed by atoms with Crippen molar-refractivity contribution in [3.63, 3.8) is 0 Å². The van der Waals surface area contributed by atoms with Gasteiger partial charge in [-0.2, -0.15) is 0 Å². The Kier molecular flexibility index (Phi) is 9.91. The average molecular weight is 541 g/mol. The van der Waals surface area contributed by atoms with Gasteiger partial charge in [0.25, 0.3) is 0 Å². The van der Waals surface area contributed by atoms with Gasteiger partial charge in [-0.3, -0.25) is 14.5 Å². The number of likely N-dealkylation sites (tertiary alicyclic amines) is 1. The summed E-state index contributed by atoms with van der Waals surface area (Å²) in [7, 11) is 6.10. The van der Waals surface area contributed by atoms with Gasteiger partial charge in [-0.05, 0) is 76.2 Å². The summed E-state index contributed by atoms with van der Waals surface area (Å²) in [5.74, 6) is -0.282. The highest BCUT2D eigenvalue weighted by molar-refractivity contribution is 5.79. The molecule has 0 saturated carbocycles. The maximum absolute atomic E-state index is 13.7. The smallest absolute Gasteiger partial charge is 0.308 e. The number of hydrogen-bond acceptors (Lipinski definition) is 6. The Bertz CT molecular complexity index is 1120. The summed E-state index contributed by atoms with van der Waals surface area (Å²) in [6, 6.07) is 9.55. The van der Waals surface area contributed by atoms with Crippen LogP contribution < -0.4 is 9.47 Å². The molecule has 3 heterocycles. The van der Waals surface area contributed by atoms with Crippen LogP contribution in [0.3, 0.4) is 0 Å². The van der Waals surface area contributed by atoms with Gasteiger partial charge in [0.2, 0.25) is 12.7 Å². The van der Waals surface area contributed by atoms with Crippen LogP contribution in [0, 0.1) is 5.92 Å². The minimum absolute atomic E-state index is 0.0848. The van der Waals surface area contributed by atoms with E-state index in [0.717, 1.165) is 50.0 Å². The molecule has 0 radical (unpaired) electrons. The van der Waals surface area contributed by atoms with Crippen LogP contribution in [0.1, 0.15) is 49.8 Å². The summed E-state index contributed by atoms with van der Waals surface area (Å²) in [6.45, 7) is 5.43. The molecule has 39 heavy (non-hydrogen) atoms. The van der Waals surface area contributed by atoms with Crippen LogP contribution in [0.25, 0.3) is 0 Å². The Morgan fingerprint density at radius 2 is 1.85 bits per heavy atom. The summed E-state index contributed by atoms with van der Waals surface area (Å²) >= 11 is 0. The Morgan fingerprint density at radius 3 is 2.54 bits per heavy atom. The fraction of sp³-hybridized carbons (Fsp3) is 0.600. The van der Waals surface area contributed by atoms with E-state index in [2.05, 4.69) is 27.4 Å². The van der Waals surface area contributed by atoms with Gasteiger partial charge in [0, 0.05) is 50.5 Å². The predicted molar refractivity (Wildman–Crippen MR) is 150 cm³/mol. The van der Waals surface area contributed by atoms with Crippen molar-refractivity contribution in [2.75, 3.05) is 53.6 Å². The van der Waals surface area contributed by atoms with E-state index in [1.54, 1.807) is 0 Å². The fourth-order valence-electron chi connectivity index (χ4n) is 5.95. The quantitative estimate of drug-likeness (QED) is 0.393. The molecule has 1 aromatic heterocycles. The zero-order valence-electron chi connectivity index (χ0n) is 23.8. The molecule has 1 aromatic carbocycles. The van der Waals surface area contributed by atoms with E-state index < -0.39 is 11.9 Å². The number of carboxylic acids is 1. The number of aliphatic carboxylic acids is 1. The zero-order chi connectivity index (χ0) is 27.9. The molecular formula is C30H44N4O5. The Balaban J connectivity index is 1.57. The second kappa shape index (κ2) is 13.3. The number of carbonyl (C=O) groups is 2. The maximum atomic E-state index is 13.7. The molecule has 1 unspecified atom stereocenters. The number of rotatable bonds is 14. The van der Waals surface area contributed by atoms with E-state index in [0.29, 0.717) is 31.0 Å². The number of hydrogen-bond donors (Lipinski definition) is 1. The molecule has 214 valence electrons. The van der Waals surface area contributed by atoms with Crippen molar-refractivity contribution in [2.24, 2.45) is 13.0 Å². The van der Waals surface area contributed by atoms with Crippen LogP contribution in [0.2, 0.25) is 0 Å². The number of carbonyl (C=O) groups excluding carboxylic acids is 1. The fourth-order valence-corrected chi connectivity index (χ4v) is 5.95. The molecule has 9 heteroatoms. The molecule has 2 aliphatic rings. The molecular weight excluding hydrogens is 496 g/mol. The molecule has 1 N–H and O–H groups in total. The van der Waals surface area contributed by atoms with Crippen LogP contribution in [-0.2, 0) is 23.1 Å². The average Bonchev–Trinajstić information content (AvgIpc) is 3.62. The second-order valence-corrected chi connectivity index (χ2v) is 11.1. The monoisotopic (exact) mass is 540 g/mol. The number of nitrogens with zero attached hydrogens (tertiary/aromatic N) is 4. The van der Waals surface area contributed by atoms with E-state index in [1.165, 1.54) is 0 Å². The number of benzene rings is 1. The second-order valence-electron chi connectivity index (χ2n) is 11.1. The third-order valence-corrected chi connectivity index (χ3v) is 8.11. The molecule has 2 aliphatic heterocycles. The molecule has 1 saturated heterocycles. The number of ether oxygens (including phenoxy) is 2. The summed E-state index contributed by atoms with van der Waals surface area (Å²) < 4.78 is 13.1. The minimum Gasteiger partial charge on any atom is -0.481 e. The van der Waals surface area contributed by atoms with E-state index in [-0.39, 0.29) is 31.2 Å². The number of carboxylic acid groups (broad SMARTS) is 1. The van der Waals surface area contributed by atoms with E-state index in [4.69, 9.17) is 9.47 Å². The lowest BCUT2D eigenvalue weighted by Gasteiger charge is -2.30. The van der Waals surface area contributed by atoms with Crippen molar-refractivity contribution in [3.05, 3.63) is 47.8 Å². The van der Waals surface area contributed by atoms with Crippen LogP contribution in [0.4, 0.5) is 0 Å². The highest BCUT2D eigenvalue weighted by atomic mass is 16.7. The first-order valence-corrected chi connectivity index (χ1v) is 14.2. The normalized spacial score (nSPS) is 20.6. The first-order chi connectivity index (χ1) is 18.8. The summed E-state index contributed by atoms with van der Waals surface area (Å²) in [5, 5.41) is 10.5. The topological polar surface area (TPSA) is 87.5 Å². The standard InChI is InChI=1S/C30H44N4O5/c1-5-6-16-33(17-8-14-31(2)3)28(35)20-34-19-24(22-10-13-26-27(18-22)39-21-38-26)29(30(36)37)25(34)12-11-23-9-7-15-32(23)4/h7,9-10,13,15,18,24-25,29H,5-6,8,11-12,14,16-17,19-21H2,1-4H3,(H,36,37)/t24-,25+,29?/m1/s1. The predicted octanol–water partition coefficient (Wildman–Crippen LogP) is 3.44. The highest BCUT2D eigenvalue weighted by Gasteiger charge is 2.47. The van der Waals surface area contributed by atoms with Crippen molar-refractivity contribution in [2.45, 2.75) is 51.0 Å². The first kappa shape index (κ1) is 29.0. The molecule has 1 amide bonds. The highest BCUT2D eigenvalue weighted by Crippen LogP contribution is 2.43. The van der Waals surface area contributed by atoms with Gasteiger partial charge in [-0.15, -0.1) is 0 Å². The molecule has 2 aromatic rings. The van der Waals surface area contributed by atoms with Crippen molar-refractivity contribution < 1.29 is 24.2 Å². The number of fused-ring (bicyclic) bond motifs is 1. The molecule has 0 aliphatic carbocycles. The van der Waals surface area contributed by atoms with Gasteiger partial charge in [0.05, 0.1) is 12.5 Å². The molecule has 0 bridgehead atoms. The molecule has 0 spiro atoms. The van der Waals surface area contributed by atoms with Crippen molar-refractivity contribution >= 4 is 11.9 Å². The molecule has 9 nitrogen and oxygen atoms in total. The Morgan fingerprint density at radius 1 is 1.08 bits per heavy atom. The van der Waals surface area contributed by atoms with Gasteiger partial charge in [0.1, 0.15) is 0 Å². The third-order valence-electron chi connectivity index (χ3n) is 8.11. The van der Waals surface area contributed by atoms with Gasteiger partial charge >= 0.3 is 5.97 Å². The van der Waals surface area contributed by atoms with Crippen LogP contribution in [0.15, 0.2) is 36.5 Å².